The molecule has 1 atom stereocenters. The molecule has 1 nitrogen and oxygen atoms in total. The summed E-state index contributed by atoms with van der Waals surface area (Å²) in [5, 5.41) is 0.303. The van der Waals surface area contributed by atoms with Crippen LogP contribution in [0, 0.1) is 11.8 Å². The maximum Gasteiger partial charge on any atom is 0.152 e. The second-order valence-electron chi connectivity index (χ2n) is 6.00. The van der Waals surface area contributed by atoms with Crippen molar-refractivity contribution < 1.29 is 0 Å². The maximum atomic E-state index is 4.77. The minimum atomic E-state index is 0.303. The van der Waals surface area contributed by atoms with Crippen LogP contribution in [0.15, 0.2) is 58.9 Å². The van der Waals surface area contributed by atoms with Gasteiger partial charge < -0.3 is 0 Å². The summed E-state index contributed by atoms with van der Waals surface area (Å²) in [5.41, 5.74) is 2.48. The van der Waals surface area contributed by atoms with Crippen molar-refractivity contribution in [3.63, 3.8) is 0 Å². The molecule has 0 spiro atoms. The van der Waals surface area contributed by atoms with Crippen LogP contribution in [0.2, 0.25) is 0 Å². The molecular formula is C22H23NS2. The Morgan fingerprint density at radius 1 is 1.08 bits per heavy atom. The minimum absolute atomic E-state index is 0.303. The van der Waals surface area contributed by atoms with Gasteiger partial charge in [0.2, 0.25) is 0 Å². The number of para-hydroxylation sites is 1. The first kappa shape index (κ1) is 18.0. The van der Waals surface area contributed by atoms with Crippen LogP contribution >= 0.6 is 23.1 Å². The fraction of sp³-hybridized carbons (Fsp3) is 0.318. The Bertz CT molecular complexity index is 809. The van der Waals surface area contributed by atoms with Gasteiger partial charge in [-0.15, -0.1) is 17.3 Å². The van der Waals surface area contributed by atoms with Gasteiger partial charge in [-0.2, -0.15) is 0 Å². The first-order valence-corrected chi connectivity index (χ1v) is 10.6. The van der Waals surface area contributed by atoms with Crippen LogP contribution in [-0.4, -0.2) is 10.2 Å². The molecule has 1 aromatic heterocycles. The Morgan fingerprint density at radius 2 is 1.88 bits per heavy atom. The topological polar surface area (TPSA) is 12.9 Å². The van der Waals surface area contributed by atoms with Gasteiger partial charge in [0.15, 0.2) is 4.34 Å². The number of fused-ring (bicyclic) bond motifs is 1. The van der Waals surface area contributed by atoms with Crippen molar-refractivity contribution in [2.45, 2.75) is 48.6 Å². The average molecular weight is 366 g/mol. The van der Waals surface area contributed by atoms with E-state index in [1.54, 1.807) is 11.3 Å². The Kier molecular flexibility index (Phi) is 6.97. The van der Waals surface area contributed by atoms with E-state index in [1.165, 1.54) is 23.1 Å². The molecule has 0 saturated heterocycles. The Morgan fingerprint density at radius 3 is 2.68 bits per heavy atom. The van der Waals surface area contributed by atoms with E-state index >= 15 is 0 Å². The molecule has 128 valence electrons. The summed E-state index contributed by atoms with van der Waals surface area (Å²) in [5.74, 6) is 6.88. The van der Waals surface area contributed by atoms with Crippen LogP contribution in [0.1, 0.15) is 38.2 Å². The third-order valence-corrected chi connectivity index (χ3v) is 6.27. The van der Waals surface area contributed by atoms with Crippen LogP contribution in [0.4, 0.5) is 0 Å². The van der Waals surface area contributed by atoms with Gasteiger partial charge in [-0.3, -0.25) is 0 Å². The van der Waals surface area contributed by atoms with Crippen molar-refractivity contribution in [1.29, 1.82) is 0 Å². The zero-order valence-electron chi connectivity index (χ0n) is 14.6. The lowest BCUT2D eigenvalue weighted by molar-refractivity contribution is 0.824. The fourth-order valence-corrected chi connectivity index (χ4v) is 4.86. The zero-order chi connectivity index (χ0) is 17.3. The number of aromatic nitrogens is 1. The molecule has 3 aromatic rings. The van der Waals surface area contributed by atoms with Gasteiger partial charge in [-0.25, -0.2) is 4.98 Å². The summed E-state index contributed by atoms with van der Waals surface area (Å²) in [6, 6.07) is 19.0. The molecule has 0 radical (unpaired) electrons. The smallest absolute Gasteiger partial charge is 0.152 e. The SMILES string of the molecule is CCCCC#CC(CCc1ccccc1)Sc1nc2ccccc2s1. The highest BCUT2D eigenvalue weighted by atomic mass is 32.2. The molecule has 0 aliphatic heterocycles. The molecule has 0 fully saturated rings. The van der Waals surface area contributed by atoms with Crippen LogP contribution in [0.5, 0.6) is 0 Å². The van der Waals surface area contributed by atoms with Crippen molar-refractivity contribution in [3.05, 3.63) is 60.2 Å². The molecule has 25 heavy (non-hydrogen) atoms. The second-order valence-corrected chi connectivity index (χ2v) is 8.48. The molecule has 0 saturated carbocycles. The monoisotopic (exact) mass is 365 g/mol. The molecular weight excluding hydrogens is 342 g/mol. The summed E-state index contributed by atoms with van der Waals surface area (Å²) in [6.45, 7) is 2.21. The van der Waals surface area contributed by atoms with Gasteiger partial charge in [0.25, 0.3) is 0 Å². The highest BCUT2D eigenvalue weighted by molar-refractivity contribution is 8.01. The van der Waals surface area contributed by atoms with Crippen LogP contribution in [0.3, 0.4) is 0 Å². The first-order chi connectivity index (χ1) is 12.3. The molecule has 0 aliphatic carbocycles. The van der Waals surface area contributed by atoms with Crippen molar-refractivity contribution in [3.8, 4) is 11.8 Å². The first-order valence-electron chi connectivity index (χ1n) is 8.89. The quantitative estimate of drug-likeness (QED) is 0.266. The van der Waals surface area contributed by atoms with Crippen molar-refractivity contribution in [2.75, 3.05) is 0 Å². The molecule has 0 amide bonds. The zero-order valence-corrected chi connectivity index (χ0v) is 16.2. The number of aryl methyl sites for hydroxylation is 1. The maximum absolute atomic E-state index is 4.77. The summed E-state index contributed by atoms with van der Waals surface area (Å²) < 4.78 is 2.38. The Balaban J connectivity index is 1.69. The van der Waals surface area contributed by atoms with Crippen molar-refractivity contribution in [2.24, 2.45) is 0 Å². The predicted molar refractivity (Wildman–Crippen MR) is 111 cm³/mol. The third-order valence-electron chi connectivity index (χ3n) is 3.97. The van der Waals surface area contributed by atoms with Gasteiger partial charge in [-0.05, 0) is 37.0 Å². The van der Waals surface area contributed by atoms with Gasteiger partial charge in [-0.1, -0.05) is 73.5 Å². The summed E-state index contributed by atoms with van der Waals surface area (Å²) in [6.07, 6.45) is 5.51. The molecule has 1 unspecified atom stereocenters. The normalized spacial score (nSPS) is 11.9. The third kappa shape index (κ3) is 5.63. The van der Waals surface area contributed by atoms with E-state index in [4.69, 9.17) is 4.98 Å². The summed E-state index contributed by atoms with van der Waals surface area (Å²) >= 11 is 3.60. The van der Waals surface area contributed by atoms with Crippen LogP contribution in [0.25, 0.3) is 10.2 Å². The van der Waals surface area contributed by atoms with Gasteiger partial charge >= 0.3 is 0 Å². The number of nitrogens with zero attached hydrogens (tertiary/aromatic N) is 1. The lowest BCUT2D eigenvalue weighted by Crippen LogP contribution is -2.01. The van der Waals surface area contributed by atoms with E-state index in [2.05, 4.69) is 67.3 Å². The number of rotatable bonds is 7. The van der Waals surface area contributed by atoms with Crippen molar-refractivity contribution >= 4 is 33.3 Å². The molecule has 3 heteroatoms. The molecule has 0 aliphatic rings. The molecule has 3 rings (SSSR count). The number of thiazole rings is 1. The predicted octanol–water partition coefficient (Wildman–Crippen LogP) is 6.58. The lowest BCUT2D eigenvalue weighted by Gasteiger charge is -2.08. The number of hydrogen-bond acceptors (Lipinski definition) is 3. The average Bonchev–Trinajstić information content (AvgIpc) is 3.06. The molecule has 0 N–H and O–H groups in total. The molecule has 1 heterocycles. The summed E-state index contributed by atoms with van der Waals surface area (Å²) in [7, 11) is 0. The summed E-state index contributed by atoms with van der Waals surface area (Å²) in [4.78, 5) is 4.77. The van der Waals surface area contributed by atoms with Crippen LogP contribution < -0.4 is 0 Å². The minimum Gasteiger partial charge on any atom is -0.230 e. The highest BCUT2D eigenvalue weighted by Crippen LogP contribution is 2.33. The Labute approximate surface area is 158 Å². The Hall–Kier alpha value is -1.76. The van der Waals surface area contributed by atoms with E-state index in [0.29, 0.717) is 5.25 Å². The van der Waals surface area contributed by atoms with Gasteiger partial charge in [0.1, 0.15) is 0 Å². The number of thioether (sulfide) groups is 1. The van der Waals surface area contributed by atoms with E-state index in [1.807, 2.05) is 17.8 Å². The fourth-order valence-electron chi connectivity index (χ4n) is 2.58. The van der Waals surface area contributed by atoms with Gasteiger partial charge in [0, 0.05) is 6.42 Å². The largest absolute Gasteiger partial charge is 0.230 e. The van der Waals surface area contributed by atoms with E-state index in [0.717, 1.165) is 29.1 Å². The van der Waals surface area contributed by atoms with E-state index in [-0.39, 0.29) is 0 Å². The lowest BCUT2D eigenvalue weighted by atomic mass is 10.1. The van der Waals surface area contributed by atoms with Crippen molar-refractivity contribution in [1.82, 2.24) is 4.98 Å². The number of benzene rings is 2. The molecule has 2 aromatic carbocycles. The standard InChI is InChI=1S/C22H23NS2/c1-2-3-4-8-13-19(17-16-18-11-6-5-7-12-18)24-22-23-20-14-9-10-15-21(20)25-22/h5-7,9-12,14-15,19H,2-4,16-17H2,1H3. The number of unbranched alkanes of at least 4 members (excludes halogenated alkanes) is 2. The van der Waals surface area contributed by atoms with Crippen LogP contribution in [-0.2, 0) is 6.42 Å². The number of hydrogen-bond donors (Lipinski definition) is 0. The van der Waals surface area contributed by atoms with E-state index in [9.17, 15) is 0 Å². The molecule has 0 bridgehead atoms. The van der Waals surface area contributed by atoms with E-state index < -0.39 is 0 Å². The highest BCUT2D eigenvalue weighted by Gasteiger charge is 2.12. The van der Waals surface area contributed by atoms with Gasteiger partial charge in [0.05, 0.1) is 15.5 Å². The second kappa shape index (κ2) is 9.65.